The number of nitrogens with zero attached hydrogens (tertiary/aromatic N) is 3. The lowest BCUT2D eigenvalue weighted by Crippen LogP contribution is -2.26. The predicted octanol–water partition coefficient (Wildman–Crippen LogP) is 3.58. The maximum absolute atomic E-state index is 11.1. The summed E-state index contributed by atoms with van der Waals surface area (Å²) in [5.41, 5.74) is 0.593. The van der Waals surface area contributed by atoms with Gasteiger partial charge in [-0.15, -0.1) is 0 Å². The lowest BCUT2D eigenvalue weighted by molar-refractivity contribution is -0.384. The van der Waals surface area contributed by atoms with E-state index in [1.54, 1.807) is 6.92 Å². The molecule has 0 N–H and O–H groups in total. The molecule has 0 unspecified atom stereocenters. The Labute approximate surface area is 112 Å². The van der Waals surface area contributed by atoms with Crippen molar-refractivity contribution in [2.75, 3.05) is 18.0 Å². The second-order valence-corrected chi connectivity index (χ2v) is 4.52. The summed E-state index contributed by atoms with van der Waals surface area (Å²) in [6.45, 7) is 7.25. The summed E-state index contributed by atoms with van der Waals surface area (Å²) >= 11 is 5.96. The summed E-state index contributed by atoms with van der Waals surface area (Å²) in [6.07, 6.45) is 2.00. The monoisotopic (exact) mass is 271 g/mol. The first-order valence-electron chi connectivity index (χ1n) is 6.07. The van der Waals surface area contributed by atoms with E-state index < -0.39 is 4.92 Å². The Morgan fingerprint density at radius 3 is 2.67 bits per heavy atom. The van der Waals surface area contributed by atoms with Gasteiger partial charge in [0.05, 0.1) is 4.92 Å². The molecular formula is C12H18ClN3O2. The largest absolute Gasteiger partial charge is 0.351 e. The maximum atomic E-state index is 11.1. The van der Waals surface area contributed by atoms with Crippen LogP contribution >= 0.6 is 11.6 Å². The minimum absolute atomic E-state index is 0.0970. The number of aryl methyl sites for hydroxylation is 1. The second kappa shape index (κ2) is 6.54. The highest BCUT2D eigenvalue weighted by atomic mass is 35.5. The van der Waals surface area contributed by atoms with Crippen molar-refractivity contribution in [3.05, 3.63) is 26.9 Å². The minimum atomic E-state index is -0.460. The third-order valence-electron chi connectivity index (χ3n) is 2.70. The Kier molecular flexibility index (Phi) is 5.34. The average Bonchev–Trinajstić information content (AvgIpc) is 2.28. The number of anilines is 1. The molecule has 0 fully saturated rings. The fourth-order valence-electron chi connectivity index (χ4n) is 1.76. The molecule has 0 radical (unpaired) electrons. The van der Waals surface area contributed by atoms with Crippen molar-refractivity contribution in [3.63, 3.8) is 0 Å². The number of hydrogen-bond donors (Lipinski definition) is 0. The molecule has 1 aromatic rings. The van der Waals surface area contributed by atoms with Gasteiger partial charge in [0.1, 0.15) is 5.02 Å². The van der Waals surface area contributed by atoms with Gasteiger partial charge in [-0.05, 0) is 26.3 Å². The third kappa shape index (κ3) is 3.32. The van der Waals surface area contributed by atoms with Gasteiger partial charge in [-0.25, -0.2) is 4.98 Å². The zero-order valence-electron chi connectivity index (χ0n) is 10.9. The van der Waals surface area contributed by atoms with Gasteiger partial charge in [0.15, 0.2) is 0 Å². The molecule has 0 atom stereocenters. The Hall–Kier alpha value is -1.36. The van der Waals surface area contributed by atoms with Gasteiger partial charge < -0.3 is 4.90 Å². The summed E-state index contributed by atoms with van der Waals surface area (Å²) < 4.78 is 0. The lowest BCUT2D eigenvalue weighted by atomic mass is 10.2. The van der Waals surface area contributed by atoms with Crippen molar-refractivity contribution in [1.82, 2.24) is 4.98 Å². The highest BCUT2D eigenvalue weighted by Gasteiger charge is 2.24. The van der Waals surface area contributed by atoms with Crippen molar-refractivity contribution in [3.8, 4) is 0 Å². The van der Waals surface area contributed by atoms with Crippen LogP contribution in [0.3, 0.4) is 0 Å². The molecule has 0 aliphatic heterocycles. The van der Waals surface area contributed by atoms with Crippen molar-refractivity contribution in [2.24, 2.45) is 0 Å². The van der Waals surface area contributed by atoms with Crippen LogP contribution in [0.5, 0.6) is 0 Å². The molecule has 0 saturated carbocycles. The minimum Gasteiger partial charge on any atom is -0.351 e. The average molecular weight is 272 g/mol. The van der Waals surface area contributed by atoms with Crippen LogP contribution in [0.1, 0.15) is 32.4 Å². The first-order valence-corrected chi connectivity index (χ1v) is 6.45. The van der Waals surface area contributed by atoms with E-state index in [1.165, 1.54) is 6.07 Å². The zero-order chi connectivity index (χ0) is 13.7. The Morgan fingerprint density at radius 2 is 2.17 bits per heavy atom. The second-order valence-electron chi connectivity index (χ2n) is 4.11. The van der Waals surface area contributed by atoms with Crippen LogP contribution in [0.2, 0.25) is 5.02 Å². The molecule has 0 aromatic carbocycles. The van der Waals surface area contributed by atoms with Crippen molar-refractivity contribution in [2.45, 2.75) is 33.6 Å². The summed E-state index contributed by atoms with van der Waals surface area (Å²) in [4.78, 5) is 16.8. The van der Waals surface area contributed by atoms with Gasteiger partial charge in [0.2, 0.25) is 5.82 Å². The number of rotatable bonds is 6. The highest BCUT2D eigenvalue weighted by Crippen LogP contribution is 2.34. The van der Waals surface area contributed by atoms with Crippen molar-refractivity contribution < 1.29 is 4.92 Å². The number of nitro groups is 1. The smallest absolute Gasteiger partial charge is 0.330 e. The van der Waals surface area contributed by atoms with Crippen LogP contribution in [0.15, 0.2) is 6.07 Å². The first kappa shape index (κ1) is 14.7. The Bertz CT molecular complexity index is 438. The molecule has 18 heavy (non-hydrogen) atoms. The molecule has 0 amide bonds. The van der Waals surface area contributed by atoms with Gasteiger partial charge in [-0.1, -0.05) is 24.9 Å². The lowest BCUT2D eigenvalue weighted by Gasteiger charge is -2.22. The van der Waals surface area contributed by atoms with Crippen LogP contribution in [0, 0.1) is 17.0 Å². The SMILES string of the molecule is CCCCN(CC)c1nc(C)cc(Cl)c1[N+](=O)[O-]. The molecule has 1 rings (SSSR count). The quantitative estimate of drug-likeness (QED) is 0.586. The molecule has 100 valence electrons. The third-order valence-corrected chi connectivity index (χ3v) is 2.99. The van der Waals surface area contributed by atoms with Crippen LogP contribution < -0.4 is 4.90 Å². The topological polar surface area (TPSA) is 59.3 Å². The summed E-state index contributed by atoms with van der Waals surface area (Å²) in [6, 6.07) is 1.52. The zero-order valence-corrected chi connectivity index (χ0v) is 11.7. The highest BCUT2D eigenvalue weighted by molar-refractivity contribution is 6.33. The van der Waals surface area contributed by atoms with E-state index in [4.69, 9.17) is 11.6 Å². The van der Waals surface area contributed by atoms with E-state index in [-0.39, 0.29) is 10.7 Å². The first-order chi connectivity index (χ1) is 8.51. The number of pyridine rings is 1. The molecule has 1 heterocycles. The van der Waals surface area contributed by atoms with Crippen LogP contribution in [0.25, 0.3) is 0 Å². The Balaban J connectivity index is 3.22. The number of hydrogen-bond acceptors (Lipinski definition) is 4. The van der Waals surface area contributed by atoms with E-state index in [0.29, 0.717) is 18.1 Å². The molecular weight excluding hydrogens is 254 g/mol. The van der Waals surface area contributed by atoms with Gasteiger partial charge >= 0.3 is 5.69 Å². The van der Waals surface area contributed by atoms with Gasteiger partial charge in [-0.2, -0.15) is 0 Å². The molecule has 0 spiro atoms. The van der Waals surface area contributed by atoms with E-state index >= 15 is 0 Å². The number of unbranched alkanes of at least 4 members (excludes halogenated alkanes) is 1. The summed E-state index contributed by atoms with van der Waals surface area (Å²) in [7, 11) is 0. The molecule has 0 saturated heterocycles. The summed E-state index contributed by atoms with van der Waals surface area (Å²) in [5, 5.41) is 11.3. The molecule has 6 heteroatoms. The fourth-order valence-corrected chi connectivity index (χ4v) is 2.07. The molecule has 1 aromatic heterocycles. The van der Waals surface area contributed by atoms with Gasteiger partial charge in [0, 0.05) is 18.8 Å². The van der Waals surface area contributed by atoms with E-state index in [1.807, 2.05) is 11.8 Å². The van der Waals surface area contributed by atoms with Crippen molar-refractivity contribution in [1.29, 1.82) is 0 Å². The summed E-state index contributed by atoms with van der Waals surface area (Å²) in [5.74, 6) is 0.376. The molecule has 0 bridgehead atoms. The van der Waals surface area contributed by atoms with Crippen molar-refractivity contribution >= 4 is 23.1 Å². The number of halogens is 1. The maximum Gasteiger partial charge on any atom is 0.330 e. The standard InChI is InChI=1S/C12H18ClN3O2/c1-4-6-7-15(5-2)12-11(16(17)18)10(13)8-9(3)14-12/h8H,4-7H2,1-3H3. The fraction of sp³-hybridized carbons (Fsp3) is 0.583. The van der Waals surface area contributed by atoms with E-state index in [2.05, 4.69) is 11.9 Å². The normalized spacial score (nSPS) is 10.4. The van der Waals surface area contributed by atoms with Crippen LogP contribution in [-0.4, -0.2) is 23.0 Å². The van der Waals surface area contributed by atoms with Crippen LogP contribution in [0.4, 0.5) is 11.5 Å². The van der Waals surface area contributed by atoms with E-state index in [0.717, 1.165) is 19.4 Å². The molecule has 5 nitrogen and oxygen atoms in total. The number of aromatic nitrogens is 1. The van der Waals surface area contributed by atoms with Gasteiger partial charge in [0.25, 0.3) is 0 Å². The van der Waals surface area contributed by atoms with Gasteiger partial charge in [-0.3, -0.25) is 10.1 Å². The van der Waals surface area contributed by atoms with E-state index in [9.17, 15) is 10.1 Å². The predicted molar refractivity (Wildman–Crippen MR) is 73.4 cm³/mol. The molecule has 0 aliphatic rings. The van der Waals surface area contributed by atoms with Crippen LogP contribution in [-0.2, 0) is 0 Å². The Morgan fingerprint density at radius 1 is 1.50 bits per heavy atom. The molecule has 0 aliphatic carbocycles.